The summed E-state index contributed by atoms with van der Waals surface area (Å²) in [5, 5.41) is 10.0. The van der Waals surface area contributed by atoms with E-state index in [1.54, 1.807) is 12.1 Å². The lowest BCUT2D eigenvalue weighted by Gasteiger charge is -2.32. The number of benzene rings is 1. The predicted molar refractivity (Wildman–Crippen MR) is 104 cm³/mol. The van der Waals surface area contributed by atoms with Gasteiger partial charge in [0, 0.05) is 18.2 Å². The molecule has 0 aliphatic carbocycles. The SMILES string of the molecule is C[C@@H]1CCCCN1S(=O)(=O)c1ccc(C(=O)Nc2nnc(-c3ccco3)o2)cc1. The molecular weight excluding hydrogens is 396 g/mol. The average molecular weight is 416 g/mol. The van der Waals surface area contributed by atoms with Crippen molar-refractivity contribution in [1.82, 2.24) is 14.5 Å². The number of rotatable bonds is 5. The van der Waals surface area contributed by atoms with E-state index in [0.29, 0.717) is 12.3 Å². The maximum absolute atomic E-state index is 12.9. The third-order valence-corrected chi connectivity index (χ3v) is 6.87. The van der Waals surface area contributed by atoms with Gasteiger partial charge in [-0.25, -0.2) is 8.42 Å². The highest BCUT2D eigenvalue weighted by Crippen LogP contribution is 2.25. The normalized spacial score (nSPS) is 17.9. The Morgan fingerprint density at radius 3 is 2.66 bits per heavy atom. The number of furan rings is 1. The minimum Gasteiger partial charge on any atom is -0.459 e. The molecule has 1 amide bonds. The largest absolute Gasteiger partial charge is 0.459 e. The van der Waals surface area contributed by atoms with Crippen LogP contribution in [-0.2, 0) is 10.0 Å². The fraction of sp³-hybridized carbons (Fsp3) is 0.316. The zero-order chi connectivity index (χ0) is 20.4. The quantitative estimate of drug-likeness (QED) is 0.678. The minimum atomic E-state index is -3.58. The molecule has 1 N–H and O–H groups in total. The van der Waals surface area contributed by atoms with E-state index in [1.165, 1.54) is 34.8 Å². The van der Waals surface area contributed by atoms with Crippen LogP contribution in [0.2, 0.25) is 0 Å². The van der Waals surface area contributed by atoms with Crippen molar-refractivity contribution >= 4 is 21.9 Å². The van der Waals surface area contributed by atoms with Crippen molar-refractivity contribution < 1.29 is 22.0 Å². The fourth-order valence-corrected chi connectivity index (χ4v) is 4.98. The summed E-state index contributed by atoms with van der Waals surface area (Å²) in [6, 6.07) is 9.01. The maximum atomic E-state index is 12.9. The molecule has 0 radical (unpaired) electrons. The Morgan fingerprint density at radius 1 is 1.17 bits per heavy atom. The van der Waals surface area contributed by atoms with Crippen LogP contribution in [0.4, 0.5) is 6.01 Å². The zero-order valence-corrected chi connectivity index (χ0v) is 16.6. The number of hydrogen-bond acceptors (Lipinski definition) is 7. The Labute approximate surface area is 167 Å². The summed E-state index contributed by atoms with van der Waals surface area (Å²) in [5.41, 5.74) is 0.272. The Bertz CT molecular complexity index is 1090. The smallest absolute Gasteiger partial charge is 0.322 e. The first-order valence-electron chi connectivity index (χ1n) is 9.26. The highest BCUT2D eigenvalue weighted by atomic mass is 32.2. The van der Waals surface area contributed by atoms with Gasteiger partial charge in [-0.15, -0.1) is 5.10 Å². The molecule has 1 atom stereocenters. The summed E-state index contributed by atoms with van der Waals surface area (Å²) < 4.78 is 37.8. The number of nitrogens with zero attached hydrogens (tertiary/aromatic N) is 3. The molecule has 9 nitrogen and oxygen atoms in total. The number of amides is 1. The molecular formula is C19H20N4O5S. The molecule has 152 valence electrons. The van der Waals surface area contributed by atoms with E-state index in [4.69, 9.17) is 8.83 Å². The molecule has 2 aromatic heterocycles. The summed E-state index contributed by atoms with van der Waals surface area (Å²) in [7, 11) is -3.58. The zero-order valence-electron chi connectivity index (χ0n) is 15.7. The van der Waals surface area contributed by atoms with Gasteiger partial charge in [-0.05, 0) is 56.2 Å². The van der Waals surface area contributed by atoms with E-state index in [0.717, 1.165) is 19.3 Å². The van der Waals surface area contributed by atoms with Gasteiger partial charge in [0.25, 0.3) is 11.8 Å². The number of nitrogens with one attached hydrogen (secondary N) is 1. The van der Waals surface area contributed by atoms with Crippen molar-refractivity contribution in [2.75, 3.05) is 11.9 Å². The van der Waals surface area contributed by atoms with Gasteiger partial charge in [0.05, 0.1) is 11.2 Å². The van der Waals surface area contributed by atoms with Gasteiger partial charge >= 0.3 is 6.01 Å². The molecule has 1 fully saturated rings. The summed E-state index contributed by atoms with van der Waals surface area (Å²) in [4.78, 5) is 12.6. The van der Waals surface area contributed by atoms with Crippen molar-refractivity contribution in [2.45, 2.75) is 37.1 Å². The Hall–Kier alpha value is -2.98. The van der Waals surface area contributed by atoms with E-state index in [-0.39, 0.29) is 28.4 Å². The molecule has 0 bridgehead atoms. The molecule has 10 heteroatoms. The Balaban J connectivity index is 1.47. The standard InChI is InChI=1S/C19H20N4O5S/c1-13-5-2-3-11-23(13)29(25,26)15-9-7-14(8-10-15)17(24)20-19-22-21-18(28-19)16-6-4-12-27-16/h4,6-10,12-13H,2-3,5,11H2,1H3,(H,20,22,24)/t13-/m1/s1. The number of hydrogen-bond donors (Lipinski definition) is 1. The van der Waals surface area contributed by atoms with Gasteiger partial charge in [-0.2, -0.15) is 4.31 Å². The highest BCUT2D eigenvalue weighted by Gasteiger charge is 2.31. The molecule has 4 rings (SSSR count). The van der Waals surface area contributed by atoms with E-state index < -0.39 is 15.9 Å². The number of piperidine rings is 1. The number of carbonyl (C=O) groups excluding carboxylic acids is 1. The van der Waals surface area contributed by atoms with Gasteiger partial charge in [0.2, 0.25) is 10.0 Å². The van der Waals surface area contributed by atoms with Gasteiger partial charge in [-0.1, -0.05) is 11.5 Å². The molecule has 3 aromatic rings. The molecule has 3 heterocycles. The van der Waals surface area contributed by atoms with E-state index in [9.17, 15) is 13.2 Å². The van der Waals surface area contributed by atoms with Crippen molar-refractivity contribution in [3.63, 3.8) is 0 Å². The number of carbonyl (C=O) groups is 1. The summed E-state index contributed by atoms with van der Waals surface area (Å²) in [6.07, 6.45) is 4.21. The second kappa shape index (κ2) is 7.80. The monoisotopic (exact) mass is 416 g/mol. The molecule has 0 unspecified atom stereocenters. The fourth-order valence-electron chi connectivity index (χ4n) is 3.29. The number of anilines is 1. The average Bonchev–Trinajstić information content (AvgIpc) is 3.40. The van der Waals surface area contributed by atoms with E-state index >= 15 is 0 Å². The Kier molecular flexibility index (Phi) is 5.20. The molecule has 1 aliphatic rings. The van der Waals surface area contributed by atoms with Crippen LogP contribution in [0.5, 0.6) is 0 Å². The first-order valence-corrected chi connectivity index (χ1v) is 10.7. The lowest BCUT2D eigenvalue weighted by molar-refractivity contribution is 0.102. The van der Waals surface area contributed by atoms with Crippen molar-refractivity contribution in [2.24, 2.45) is 0 Å². The van der Waals surface area contributed by atoms with Crippen LogP contribution in [0.1, 0.15) is 36.5 Å². The lowest BCUT2D eigenvalue weighted by atomic mass is 10.1. The number of sulfonamides is 1. The van der Waals surface area contributed by atoms with Crippen molar-refractivity contribution in [3.8, 4) is 11.7 Å². The highest BCUT2D eigenvalue weighted by molar-refractivity contribution is 7.89. The van der Waals surface area contributed by atoms with Crippen molar-refractivity contribution in [1.29, 1.82) is 0 Å². The summed E-state index contributed by atoms with van der Waals surface area (Å²) in [5.74, 6) is 0.0387. The van der Waals surface area contributed by atoms with Gasteiger partial charge < -0.3 is 8.83 Å². The number of aromatic nitrogens is 2. The molecule has 1 saturated heterocycles. The van der Waals surface area contributed by atoms with Crippen LogP contribution in [-0.4, -0.2) is 41.4 Å². The van der Waals surface area contributed by atoms with Gasteiger partial charge in [-0.3, -0.25) is 10.1 Å². The molecule has 1 aromatic carbocycles. The van der Waals surface area contributed by atoms with Crippen LogP contribution in [0.25, 0.3) is 11.7 Å². The topological polar surface area (TPSA) is 119 Å². The van der Waals surface area contributed by atoms with E-state index in [2.05, 4.69) is 15.5 Å². The summed E-state index contributed by atoms with van der Waals surface area (Å²) >= 11 is 0. The lowest BCUT2D eigenvalue weighted by Crippen LogP contribution is -2.41. The maximum Gasteiger partial charge on any atom is 0.322 e. The molecule has 29 heavy (non-hydrogen) atoms. The van der Waals surface area contributed by atoms with Crippen LogP contribution in [0, 0.1) is 0 Å². The van der Waals surface area contributed by atoms with Crippen LogP contribution in [0.3, 0.4) is 0 Å². The molecule has 1 aliphatic heterocycles. The van der Waals surface area contributed by atoms with Crippen LogP contribution >= 0.6 is 0 Å². The third-order valence-electron chi connectivity index (χ3n) is 4.84. The molecule has 0 saturated carbocycles. The van der Waals surface area contributed by atoms with Crippen LogP contribution in [0.15, 0.2) is 56.4 Å². The third kappa shape index (κ3) is 3.94. The first kappa shape index (κ1) is 19.3. The van der Waals surface area contributed by atoms with Crippen LogP contribution < -0.4 is 5.32 Å². The van der Waals surface area contributed by atoms with Gasteiger partial charge in [0.15, 0.2) is 5.76 Å². The second-order valence-corrected chi connectivity index (χ2v) is 8.72. The second-order valence-electron chi connectivity index (χ2n) is 6.83. The van der Waals surface area contributed by atoms with Crippen molar-refractivity contribution in [3.05, 3.63) is 48.2 Å². The first-order chi connectivity index (χ1) is 13.9. The molecule has 0 spiro atoms. The van der Waals surface area contributed by atoms with E-state index in [1.807, 2.05) is 6.92 Å². The Morgan fingerprint density at radius 2 is 1.97 bits per heavy atom. The summed E-state index contributed by atoms with van der Waals surface area (Å²) in [6.45, 7) is 2.43. The van der Waals surface area contributed by atoms with Gasteiger partial charge in [0.1, 0.15) is 0 Å². The predicted octanol–water partition coefficient (Wildman–Crippen LogP) is 3.15. The minimum absolute atomic E-state index is 0.0300.